The molecule has 0 spiro atoms. The molecular weight excluding hydrogens is 216 g/mol. The van der Waals surface area contributed by atoms with Crippen LogP contribution in [0.1, 0.15) is 40.7 Å². The van der Waals surface area contributed by atoms with E-state index in [1.54, 1.807) is 11.8 Å². The lowest BCUT2D eigenvalue weighted by atomic mass is 9.89. The van der Waals surface area contributed by atoms with Crippen molar-refractivity contribution in [3.05, 3.63) is 34.9 Å². The van der Waals surface area contributed by atoms with E-state index in [0.717, 1.165) is 17.7 Å². The van der Waals surface area contributed by atoms with Crippen LogP contribution in [0.15, 0.2) is 18.2 Å². The second kappa shape index (κ2) is 5.53. The maximum absolute atomic E-state index is 11.9. The third kappa shape index (κ3) is 2.67. The van der Waals surface area contributed by atoms with E-state index in [4.69, 9.17) is 0 Å². The molecule has 16 heavy (non-hydrogen) atoms. The van der Waals surface area contributed by atoms with Gasteiger partial charge in [0.15, 0.2) is 5.78 Å². The van der Waals surface area contributed by atoms with Gasteiger partial charge in [-0.1, -0.05) is 12.1 Å². The summed E-state index contributed by atoms with van der Waals surface area (Å²) >= 11 is 1.73. The van der Waals surface area contributed by atoms with Crippen LogP contribution in [-0.2, 0) is 12.8 Å². The first-order chi connectivity index (χ1) is 7.81. The molecule has 2 heteroatoms. The first kappa shape index (κ1) is 11.7. The van der Waals surface area contributed by atoms with Crippen molar-refractivity contribution >= 4 is 17.5 Å². The van der Waals surface area contributed by atoms with Crippen molar-refractivity contribution in [3.8, 4) is 0 Å². The quantitative estimate of drug-likeness (QED) is 0.742. The minimum absolute atomic E-state index is 0.294. The van der Waals surface area contributed by atoms with Gasteiger partial charge in [-0.05, 0) is 49.1 Å². The summed E-state index contributed by atoms with van der Waals surface area (Å²) in [6, 6.07) is 6.28. The molecule has 0 bridgehead atoms. The Kier molecular flexibility index (Phi) is 4.05. The average Bonchev–Trinajstić information content (AvgIpc) is 2.35. The Hall–Kier alpha value is -0.760. The fraction of sp³-hybridized carbons (Fsp3) is 0.500. The number of rotatable bonds is 4. The molecule has 0 radical (unpaired) electrons. The lowest BCUT2D eigenvalue weighted by molar-refractivity contribution is 0.0989. The van der Waals surface area contributed by atoms with Crippen LogP contribution in [0.4, 0.5) is 0 Å². The standard InChI is InChI=1S/C14H18OS/c1-16-9-8-14(15)13-7-6-11-4-2-3-5-12(11)10-13/h6-7,10H,2-5,8-9H2,1H3. The highest BCUT2D eigenvalue weighted by molar-refractivity contribution is 7.98. The number of carbonyl (C=O) groups is 1. The van der Waals surface area contributed by atoms with Gasteiger partial charge in [-0.3, -0.25) is 4.79 Å². The van der Waals surface area contributed by atoms with Crippen molar-refractivity contribution in [2.45, 2.75) is 32.1 Å². The zero-order chi connectivity index (χ0) is 11.4. The van der Waals surface area contributed by atoms with Gasteiger partial charge in [0.2, 0.25) is 0 Å². The van der Waals surface area contributed by atoms with Crippen LogP contribution < -0.4 is 0 Å². The maximum Gasteiger partial charge on any atom is 0.163 e. The van der Waals surface area contributed by atoms with E-state index in [-0.39, 0.29) is 0 Å². The third-order valence-electron chi connectivity index (χ3n) is 3.20. The molecule has 2 rings (SSSR count). The number of ketones is 1. The molecule has 0 atom stereocenters. The van der Waals surface area contributed by atoms with Crippen molar-refractivity contribution in [2.75, 3.05) is 12.0 Å². The fourth-order valence-electron chi connectivity index (χ4n) is 2.25. The smallest absolute Gasteiger partial charge is 0.163 e. The van der Waals surface area contributed by atoms with Gasteiger partial charge < -0.3 is 0 Å². The molecule has 0 aliphatic heterocycles. The molecule has 0 amide bonds. The lowest BCUT2D eigenvalue weighted by Crippen LogP contribution is -2.06. The van der Waals surface area contributed by atoms with E-state index >= 15 is 0 Å². The molecule has 0 saturated carbocycles. The van der Waals surface area contributed by atoms with Crippen molar-refractivity contribution in [2.24, 2.45) is 0 Å². The highest BCUT2D eigenvalue weighted by atomic mass is 32.2. The van der Waals surface area contributed by atoms with Gasteiger partial charge in [-0.2, -0.15) is 11.8 Å². The van der Waals surface area contributed by atoms with Gasteiger partial charge in [0.25, 0.3) is 0 Å². The molecule has 0 N–H and O–H groups in total. The zero-order valence-electron chi connectivity index (χ0n) is 9.79. The molecule has 1 aliphatic rings. The Labute approximate surface area is 102 Å². The Balaban J connectivity index is 2.13. The normalized spacial score (nSPS) is 14.6. The molecule has 0 heterocycles. The van der Waals surface area contributed by atoms with Crippen molar-refractivity contribution < 1.29 is 4.79 Å². The maximum atomic E-state index is 11.9. The number of carbonyl (C=O) groups excluding carboxylic acids is 1. The Morgan fingerprint density at radius 1 is 1.25 bits per heavy atom. The number of hydrogen-bond acceptors (Lipinski definition) is 2. The van der Waals surface area contributed by atoms with Gasteiger partial charge in [-0.25, -0.2) is 0 Å². The highest BCUT2D eigenvalue weighted by Crippen LogP contribution is 2.22. The number of Topliss-reactive ketones (excluding diaryl/α,β-unsaturated/α-hetero) is 1. The summed E-state index contributed by atoms with van der Waals surface area (Å²) in [5.74, 6) is 1.22. The van der Waals surface area contributed by atoms with Crippen LogP contribution in [0.3, 0.4) is 0 Å². The predicted octanol–water partition coefficient (Wildman–Crippen LogP) is 3.50. The molecule has 1 aromatic carbocycles. The van der Waals surface area contributed by atoms with Crippen LogP contribution in [0.2, 0.25) is 0 Å². The van der Waals surface area contributed by atoms with Crippen LogP contribution >= 0.6 is 11.8 Å². The Morgan fingerprint density at radius 3 is 2.75 bits per heavy atom. The highest BCUT2D eigenvalue weighted by Gasteiger charge is 2.12. The number of thioether (sulfide) groups is 1. The molecule has 0 aromatic heterocycles. The molecule has 1 aliphatic carbocycles. The number of fused-ring (bicyclic) bond motifs is 1. The SMILES string of the molecule is CSCCC(=O)c1ccc2c(c1)CCCC2. The Bertz CT molecular complexity index is 384. The number of benzene rings is 1. The van der Waals surface area contributed by atoms with E-state index in [9.17, 15) is 4.79 Å². The second-order valence-corrected chi connectivity index (χ2v) is 5.34. The summed E-state index contributed by atoms with van der Waals surface area (Å²) in [4.78, 5) is 11.9. The second-order valence-electron chi connectivity index (χ2n) is 4.36. The zero-order valence-corrected chi connectivity index (χ0v) is 10.6. The molecule has 0 saturated heterocycles. The van der Waals surface area contributed by atoms with Crippen molar-refractivity contribution in [1.82, 2.24) is 0 Å². The number of hydrogen-bond donors (Lipinski definition) is 0. The van der Waals surface area contributed by atoms with Crippen LogP contribution in [0.25, 0.3) is 0 Å². The summed E-state index contributed by atoms with van der Waals surface area (Å²) in [5, 5.41) is 0. The summed E-state index contributed by atoms with van der Waals surface area (Å²) in [6.45, 7) is 0. The lowest BCUT2D eigenvalue weighted by Gasteiger charge is -2.16. The van der Waals surface area contributed by atoms with E-state index in [1.807, 2.05) is 12.3 Å². The van der Waals surface area contributed by atoms with Crippen LogP contribution in [0, 0.1) is 0 Å². The fourth-order valence-corrected chi connectivity index (χ4v) is 2.64. The van der Waals surface area contributed by atoms with Gasteiger partial charge in [0, 0.05) is 17.7 Å². The van der Waals surface area contributed by atoms with E-state index in [1.165, 1.54) is 30.4 Å². The topological polar surface area (TPSA) is 17.1 Å². The van der Waals surface area contributed by atoms with Crippen LogP contribution in [0.5, 0.6) is 0 Å². The van der Waals surface area contributed by atoms with Crippen molar-refractivity contribution in [1.29, 1.82) is 0 Å². The molecule has 1 aromatic rings. The summed E-state index contributed by atoms with van der Waals surface area (Å²) in [5.41, 5.74) is 3.77. The summed E-state index contributed by atoms with van der Waals surface area (Å²) in [6.07, 6.45) is 7.62. The largest absolute Gasteiger partial charge is 0.294 e. The first-order valence-corrected chi connectivity index (χ1v) is 7.34. The molecular formula is C14H18OS. The minimum atomic E-state index is 0.294. The monoisotopic (exact) mass is 234 g/mol. The molecule has 1 nitrogen and oxygen atoms in total. The van der Waals surface area contributed by atoms with Gasteiger partial charge in [0.05, 0.1) is 0 Å². The molecule has 0 unspecified atom stereocenters. The van der Waals surface area contributed by atoms with E-state index in [0.29, 0.717) is 12.2 Å². The minimum Gasteiger partial charge on any atom is -0.294 e. The Morgan fingerprint density at radius 2 is 2.00 bits per heavy atom. The van der Waals surface area contributed by atoms with Gasteiger partial charge in [-0.15, -0.1) is 0 Å². The van der Waals surface area contributed by atoms with Gasteiger partial charge >= 0.3 is 0 Å². The first-order valence-electron chi connectivity index (χ1n) is 5.95. The summed E-state index contributed by atoms with van der Waals surface area (Å²) < 4.78 is 0. The summed E-state index contributed by atoms with van der Waals surface area (Å²) in [7, 11) is 0. The van der Waals surface area contributed by atoms with Crippen molar-refractivity contribution in [3.63, 3.8) is 0 Å². The molecule has 86 valence electrons. The van der Waals surface area contributed by atoms with E-state index < -0.39 is 0 Å². The third-order valence-corrected chi connectivity index (χ3v) is 3.82. The molecule has 0 fully saturated rings. The average molecular weight is 234 g/mol. The van der Waals surface area contributed by atoms with E-state index in [2.05, 4.69) is 12.1 Å². The van der Waals surface area contributed by atoms with Crippen LogP contribution in [-0.4, -0.2) is 17.8 Å². The predicted molar refractivity (Wildman–Crippen MR) is 70.4 cm³/mol. The number of aryl methyl sites for hydroxylation is 2. The van der Waals surface area contributed by atoms with Gasteiger partial charge in [0.1, 0.15) is 0 Å².